The van der Waals surface area contributed by atoms with Gasteiger partial charge in [-0.1, -0.05) is 79.3 Å². The van der Waals surface area contributed by atoms with Gasteiger partial charge >= 0.3 is 0 Å². The standard InChI is InChI=1S/C27H33NO5.C27H31NO5.CH4/c2*1-26(2,3)24-12-18-10-17(4-6-21(18)28(24)20(14-29)15-30)11-25(31)27(8-9-27)19-5-7-22-23(13-19)33-16-32-22;/h4-7,10,13,20,24,29-30H,8-9,11-12,14-16H2,1-3H3;4-7,10,12-13,20,29-30H,8-9,11,14-16H2,1-3H3;1H4. The SMILES string of the molecule is C.CC(C)(C)C1Cc2cc(CC(=O)C3(c4ccc5c(c4)OCO5)CC3)ccc2N1C(CO)CO.CC(C)(C)c1cc2cc(CC(=O)C3(c4ccc5c(c4)OCO5)CC3)ccc2n1C(CO)CO. The Morgan fingerprint density at radius 1 is 0.627 bits per heavy atom. The molecule has 5 aromatic rings. The van der Waals surface area contributed by atoms with Gasteiger partial charge in [0.1, 0.15) is 11.6 Å². The summed E-state index contributed by atoms with van der Waals surface area (Å²) in [6, 6.07) is 25.6. The molecule has 4 N–H and O–H groups in total. The zero-order valence-corrected chi connectivity index (χ0v) is 39.1. The van der Waals surface area contributed by atoms with Crippen molar-refractivity contribution in [3.63, 3.8) is 0 Å². The molecule has 4 heterocycles. The van der Waals surface area contributed by atoms with E-state index in [4.69, 9.17) is 18.9 Å². The number of ketones is 2. The summed E-state index contributed by atoms with van der Waals surface area (Å²) >= 11 is 0. The van der Waals surface area contributed by atoms with Gasteiger partial charge in [-0.25, -0.2) is 0 Å². The van der Waals surface area contributed by atoms with Crippen LogP contribution in [0.15, 0.2) is 78.9 Å². The predicted molar refractivity (Wildman–Crippen MR) is 259 cm³/mol. The second kappa shape index (κ2) is 18.3. The average molecular weight is 917 g/mol. The lowest BCUT2D eigenvalue weighted by atomic mass is 9.83. The van der Waals surface area contributed by atoms with Crippen molar-refractivity contribution < 1.29 is 49.0 Å². The molecule has 5 aliphatic rings. The van der Waals surface area contributed by atoms with E-state index in [0.717, 1.165) is 93.9 Å². The van der Waals surface area contributed by atoms with Crippen molar-refractivity contribution in [2.24, 2.45) is 5.41 Å². The molecule has 1 unspecified atom stereocenters. The van der Waals surface area contributed by atoms with Crippen molar-refractivity contribution in [2.75, 3.05) is 44.9 Å². The van der Waals surface area contributed by atoms with Gasteiger partial charge in [0.25, 0.3) is 0 Å². The first-order valence-corrected chi connectivity index (χ1v) is 23.4. The highest BCUT2D eigenvalue weighted by Gasteiger charge is 2.52. The molecule has 0 saturated heterocycles. The fourth-order valence-corrected chi connectivity index (χ4v) is 10.4. The molecular formula is C55H68N2O10. The lowest BCUT2D eigenvalue weighted by Gasteiger charge is -2.40. The van der Waals surface area contributed by atoms with E-state index in [0.29, 0.717) is 18.6 Å². The molecule has 4 aromatic carbocycles. The number of ether oxygens (including phenoxy) is 4. The van der Waals surface area contributed by atoms with E-state index in [1.165, 1.54) is 5.56 Å². The Balaban J connectivity index is 0.000000179. The average Bonchev–Trinajstić information content (AvgIpc) is 4.04. The summed E-state index contributed by atoms with van der Waals surface area (Å²) in [6.45, 7) is 12.9. The Kier molecular flexibility index (Phi) is 13.1. The van der Waals surface area contributed by atoms with Gasteiger partial charge in [0.15, 0.2) is 23.0 Å². The second-order valence-corrected chi connectivity index (χ2v) is 21.0. The van der Waals surface area contributed by atoms with Crippen molar-refractivity contribution >= 4 is 28.2 Å². The Morgan fingerprint density at radius 3 is 1.60 bits per heavy atom. The number of nitrogens with zero attached hydrogens (tertiary/aromatic N) is 2. The minimum atomic E-state index is -0.433. The van der Waals surface area contributed by atoms with Gasteiger partial charge in [0.2, 0.25) is 13.6 Å². The van der Waals surface area contributed by atoms with Crippen LogP contribution in [0.5, 0.6) is 23.0 Å². The van der Waals surface area contributed by atoms with Gasteiger partial charge in [-0.3, -0.25) is 9.59 Å². The fourth-order valence-electron chi connectivity index (χ4n) is 10.4. The highest BCUT2D eigenvalue weighted by molar-refractivity contribution is 5.96. The Hall–Kier alpha value is -5.40. The van der Waals surface area contributed by atoms with Crippen molar-refractivity contribution in [1.29, 1.82) is 0 Å². The maximum absolute atomic E-state index is 13.4. The monoisotopic (exact) mass is 916 g/mol. The van der Waals surface area contributed by atoms with Crippen LogP contribution >= 0.6 is 0 Å². The highest BCUT2D eigenvalue weighted by atomic mass is 16.7. The third-order valence-corrected chi connectivity index (χ3v) is 14.6. The Labute approximate surface area is 394 Å². The summed E-state index contributed by atoms with van der Waals surface area (Å²) in [7, 11) is 0. The number of aromatic nitrogens is 1. The molecule has 2 aliphatic carbocycles. The second-order valence-electron chi connectivity index (χ2n) is 21.0. The molecule has 10 rings (SSSR count). The molecule has 12 heteroatoms. The first-order valence-electron chi connectivity index (χ1n) is 23.4. The zero-order chi connectivity index (χ0) is 46.8. The van der Waals surface area contributed by atoms with E-state index in [2.05, 4.69) is 70.7 Å². The van der Waals surface area contributed by atoms with E-state index < -0.39 is 16.9 Å². The predicted octanol–water partition coefficient (Wildman–Crippen LogP) is 8.06. The molecule has 2 fully saturated rings. The fraction of sp³-hybridized carbons (Fsp3) is 0.491. The van der Waals surface area contributed by atoms with Crippen LogP contribution in [-0.4, -0.2) is 88.7 Å². The largest absolute Gasteiger partial charge is 0.454 e. The van der Waals surface area contributed by atoms with Crippen molar-refractivity contribution in [1.82, 2.24) is 4.57 Å². The van der Waals surface area contributed by atoms with E-state index in [-0.39, 0.29) is 81.9 Å². The maximum Gasteiger partial charge on any atom is 0.231 e. The van der Waals surface area contributed by atoms with E-state index in [1.807, 2.05) is 59.2 Å². The summed E-state index contributed by atoms with van der Waals surface area (Å²) in [4.78, 5) is 29.0. The summed E-state index contributed by atoms with van der Waals surface area (Å²) in [5, 5.41) is 40.4. The van der Waals surface area contributed by atoms with Gasteiger partial charge in [-0.05, 0) is 114 Å². The number of carbonyl (C=O) groups is 2. The van der Waals surface area contributed by atoms with Crippen LogP contribution in [0, 0.1) is 5.41 Å². The summed E-state index contributed by atoms with van der Waals surface area (Å²) in [5.41, 5.74) is 7.23. The number of hydrogen-bond donors (Lipinski definition) is 4. The van der Waals surface area contributed by atoms with Crippen LogP contribution in [0.4, 0.5) is 5.69 Å². The first-order chi connectivity index (χ1) is 31.5. The molecule has 1 atom stereocenters. The van der Waals surface area contributed by atoms with Gasteiger partial charge in [-0.2, -0.15) is 0 Å². The third kappa shape index (κ3) is 8.94. The van der Waals surface area contributed by atoms with Crippen molar-refractivity contribution in [3.05, 3.63) is 112 Å². The van der Waals surface area contributed by atoms with Crippen LogP contribution < -0.4 is 23.8 Å². The van der Waals surface area contributed by atoms with E-state index in [9.17, 15) is 30.0 Å². The number of hydrogen-bond acceptors (Lipinski definition) is 11. The number of carbonyl (C=O) groups excluding carboxylic acids is 2. The molecule has 1 aromatic heterocycles. The number of rotatable bonds is 14. The summed E-state index contributed by atoms with van der Waals surface area (Å²) in [6.07, 6.45) is 5.04. The smallest absolute Gasteiger partial charge is 0.231 e. The summed E-state index contributed by atoms with van der Waals surface area (Å²) < 4.78 is 23.9. The van der Waals surface area contributed by atoms with Crippen LogP contribution in [0.2, 0.25) is 0 Å². The van der Waals surface area contributed by atoms with E-state index >= 15 is 0 Å². The number of aliphatic hydroxyl groups excluding tert-OH is 4. The number of benzene rings is 4. The molecule has 358 valence electrons. The van der Waals surface area contributed by atoms with Gasteiger partial charge in [0.05, 0.1) is 49.3 Å². The van der Waals surface area contributed by atoms with Gasteiger partial charge in [0, 0.05) is 46.6 Å². The molecule has 2 saturated carbocycles. The molecule has 0 bridgehead atoms. The Bertz CT molecular complexity index is 2640. The van der Waals surface area contributed by atoms with E-state index in [1.54, 1.807) is 0 Å². The van der Waals surface area contributed by atoms with Crippen molar-refractivity contribution in [2.45, 2.75) is 128 Å². The van der Waals surface area contributed by atoms with Crippen LogP contribution in [0.1, 0.15) is 114 Å². The number of anilines is 1. The Morgan fingerprint density at radius 2 is 1.12 bits per heavy atom. The lowest BCUT2D eigenvalue weighted by molar-refractivity contribution is -0.121. The number of Topliss-reactive ketones (excluding diaryl/α,β-unsaturated/α-hetero) is 2. The van der Waals surface area contributed by atoms with Gasteiger partial charge in [-0.15, -0.1) is 0 Å². The minimum absolute atomic E-state index is 0. The number of fused-ring (bicyclic) bond motifs is 4. The molecule has 0 amide bonds. The molecule has 0 spiro atoms. The minimum Gasteiger partial charge on any atom is -0.454 e. The summed E-state index contributed by atoms with van der Waals surface area (Å²) in [5.74, 6) is 3.37. The first kappa shape index (κ1) is 48.1. The highest BCUT2D eigenvalue weighted by Crippen LogP contribution is 2.53. The zero-order valence-electron chi connectivity index (χ0n) is 39.1. The van der Waals surface area contributed by atoms with Crippen LogP contribution in [-0.2, 0) is 45.1 Å². The molecule has 0 radical (unpaired) electrons. The maximum atomic E-state index is 13.4. The quantitative estimate of drug-likeness (QED) is 0.0854. The molecular weight excluding hydrogens is 849 g/mol. The molecule has 12 nitrogen and oxygen atoms in total. The molecule has 3 aliphatic heterocycles. The topological polar surface area (TPSA) is 160 Å². The normalized spacial score (nSPS) is 18.1. The van der Waals surface area contributed by atoms with Crippen molar-refractivity contribution in [3.8, 4) is 23.0 Å². The van der Waals surface area contributed by atoms with Crippen LogP contribution in [0.25, 0.3) is 10.9 Å². The lowest BCUT2D eigenvalue weighted by Crippen LogP contribution is -2.50. The third-order valence-electron chi connectivity index (χ3n) is 14.6. The molecule has 67 heavy (non-hydrogen) atoms. The van der Waals surface area contributed by atoms with Gasteiger partial charge < -0.3 is 48.8 Å². The van der Waals surface area contributed by atoms with Crippen LogP contribution in [0.3, 0.4) is 0 Å². The number of aliphatic hydroxyl groups is 4.